The first kappa shape index (κ1) is 15.2. The molecule has 0 aliphatic rings. The van der Waals surface area contributed by atoms with Gasteiger partial charge < -0.3 is 10.1 Å². The summed E-state index contributed by atoms with van der Waals surface area (Å²) in [6.45, 7) is 0. The van der Waals surface area contributed by atoms with Gasteiger partial charge in [-0.05, 0) is 48.9 Å². The second-order valence-corrected chi connectivity index (χ2v) is 5.41. The van der Waals surface area contributed by atoms with Gasteiger partial charge in [-0.25, -0.2) is 0 Å². The van der Waals surface area contributed by atoms with Crippen LogP contribution < -0.4 is 10.1 Å². The molecule has 106 valence electrons. The Morgan fingerprint density at radius 1 is 1.15 bits per heavy atom. The Morgan fingerprint density at radius 2 is 1.95 bits per heavy atom. The monoisotopic (exact) mass is 309 g/mol. The topological polar surface area (TPSA) is 21.3 Å². The van der Waals surface area contributed by atoms with Crippen LogP contribution in [0, 0.1) is 0 Å². The van der Waals surface area contributed by atoms with E-state index in [-0.39, 0.29) is 6.04 Å². The van der Waals surface area contributed by atoms with Gasteiger partial charge in [-0.3, -0.25) is 0 Å². The first-order valence-corrected chi connectivity index (χ1v) is 7.14. The number of nitrogens with one attached hydrogen (secondary N) is 1. The Morgan fingerprint density at radius 3 is 2.55 bits per heavy atom. The molecule has 1 unspecified atom stereocenters. The van der Waals surface area contributed by atoms with Gasteiger partial charge in [0.15, 0.2) is 0 Å². The Labute approximate surface area is 129 Å². The summed E-state index contributed by atoms with van der Waals surface area (Å²) < 4.78 is 5.18. The fraction of sp³-hybridized carbons (Fsp3) is 0.250. The van der Waals surface area contributed by atoms with E-state index in [1.54, 1.807) is 7.11 Å². The van der Waals surface area contributed by atoms with Crippen LogP contribution in [0.15, 0.2) is 42.5 Å². The number of benzene rings is 2. The van der Waals surface area contributed by atoms with Crippen molar-refractivity contribution in [2.24, 2.45) is 0 Å². The van der Waals surface area contributed by atoms with E-state index in [9.17, 15) is 0 Å². The van der Waals surface area contributed by atoms with Crippen molar-refractivity contribution < 1.29 is 4.74 Å². The van der Waals surface area contributed by atoms with Crippen LogP contribution in [0.2, 0.25) is 10.0 Å². The van der Waals surface area contributed by atoms with Crippen molar-refractivity contribution in [2.45, 2.75) is 12.5 Å². The van der Waals surface area contributed by atoms with Crippen molar-refractivity contribution in [2.75, 3.05) is 14.2 Å². The summed E-state index contributed by atoms with van der Waals surface area (Å²) in [5.41, 5.74) is 2.22. The van der Waals surface area contributed by atoms with Crippen LogP contribution in [0.3, 0.4) is 0 Å². The molecule has 2 rings (SSSR count). The lowest BCUT2D eigenvalue weighted by Crippen LogP contribution is -2.19. The molecule has 0 aromatic heterocycles. The van der Waals surface area contributed by atoms with Crippen molar-refractivity contribution in [3.8, 4) is 5.75 Å². The maximum atomic E-state index is 6.33. The maximum Gasteiger partial charge on any atom is 0.120 e. The highest BCUT2D eigenvalue weighted by atomic mass is 35.5. The lowest BCUT2D eigenvalue weighted by Gasteiger charge is -2.19. The number of halogens is 2. The molecule has 0 bridgehead atoms. The van der Waals surface area contributed by atoms with E-state index in [1.165, 1.54) is 5.56 Å². The molecule has 4 heteroatoms. The summed E-state index contributed by atoms with van der Waals surface area (Å²) in [5, 5.41) is 4.74. The normalized spacial score (nSPS) is 12.2. The predicted molar refractivity (Wildman–Crippen MR) is 85.0 cm³/mol. The van der Waals surface area contributed by atoms with E-state index >= 15 is 0 Å². The minimum atomic E-state index is 0.131. The molecule has 0 heterocycles. The van der Waals surface area contributed by atoms with Crippen molar-refractivity contribution in [3.63, 3.8) is 0 Å². The van der Waals surface area contributed by atoms with Crippen LogP contribution in [0.1, 0.15) is 17.2 Å². The highest BCUT2D eigenvalue weighted by molar-refractivity contribution is 6.31. The third kappa shape index (κ3) is 3.66. The van der Waals surface area contributed by atoms with Crippen LogP contribution in [0.25, 0.3) is 0 Å². The summed E-state index contributed by atoms with van der Waals surface area (Å²) in [6.07, 6.45) is 0.823. The second-order valence-electron chi connectivity index (χ2n) is 4.56. The molecule has 0 saturated carbocycles. The van der Waals surface area contributed by atoms with E-state index in [4.69, 9.17) is 27.9 Å². The van der Waals surface area contributed by atoms with Crippen molar-refractivity contribution in [1.82, 2.24) is 5.32 Å². The molecule has 2 aromatic carbocycles. The zero-order chi connectivity index (χ0) is 14.5. The molecule has 1 atom stereocenters. The van der Waals surface area contributed by atoms with Crippen LogP contribution in [0.4, 0.5) is 0 Å². The van der Waals surface area contributed by atoms with E-state index in [0.29, 0.717) is 5.02 Å². The summed E-state index contributed by atoms with van der Waals surface area (Å²) in [5.74, 6) is 0.761. The fourth-order valence-corrected chi connectivity index (χ4v) is 2.70. The van der Waals surface area contributed by atoms with Gasteiger partial charge in [0.25, 0.3) is 0 Å². The van der Waals surface area contributed by atoms with Gasteiger partial charge in [0.05, 0.1) is 7.11 Å². The fourth-order valence-electron chi connectivity index (χ4n) is 2.18. The number of methoxy groups -OCH3 is 1. The maximum absolute atomic E-state index is 6.33. The lowest BCUT2D eigenvalue weighted by molar-refractivity contribution is 0.414. The van der Waals surface area contributed by atoms with Gasteiger partial charge >= 0.3 is 0 Å². The Hall–Kier alpha value is -1.22. The standard InChI is InChI=1S/C16H17Cl2NO/c1-19-16(9-11-4-3-5-12(17)8-11)14-7-6-13(20-2)10-15(14)18/h3-8,10,16,19H,9H2,1-2H3. The van der Waals surface area contributed by atoms with E-state index < -0.39 is 0 Å². The quantitative estimate of drug-likeness (QED) is 0.877. The molecule has 2 nitrogen and oxygen atoms in total. The van der Waals surface area contributed by atoms with Crippen LogP contribution in [-0.2, 0) is 6.42 Å². The van der Waals surface area contributed by atoms with Crippen molar-refractivity contribution in [1.29, 1.82) is 0 Å². The van der Waals surface area contributed by atoms with Gasteiger partial charge in [0.1, 0.15) is 5.75 Å². The third-order valence-corrected chi connectivity index (χ3v) is 3.82. The van der Waals surface area contributed by atoms with E-state index in [0.717, 1.165) is 22.8 Å². The van der Waals surface area contributed by atoms with Crippen molar-refractivity contribution in [3.05, 3.63) is 63.6 Å². The summed E-state index contributed by atoms with van der Waals surface area (Å²) in [7, 11) is 3.56. The zero-order valence-electron chi connectivity index (χ0n) is 11.5. The SMILES string of the molecule is CNC(Cc1cccc(Cl)c1)c1ccc(OC)cc1Cl. The summed E-state index contributed by atoms with van der Waals surface area (Å²) >= 11 is 12.4. The highest BCUT2D eigenvalue weighted by Gasteiger charge is 2.14. The minimum absolute atomic E-state index is 0.131. The molecule has 0 aliphatic heterocycles. The molecule has 0 saturated heterocycles. The molecule has 20 heavy (non-hydrogen) atoms. The highest BCUT2D eigenvalue weighted by Crippen LogP contribution is 2.29. The molecule has 0 radical (unpaired) electrons. The predicted octanol–water partition coefficient (Wildman–Crippen LogP) is 4.51. The molecule has 0 spiro atoms. The largest absolute Gasteiger partial charge is 0.497 e. The molecular weight excluding hydrogens is 293 g/mol. The molecule has 0 fully saturated rings. The lowest BCUT2D eigenvalue weighted by atomic mass is 9.99. The number of hydrogen-bond donors (Lipinski definition) is 1. The molecule has 2 aromatic rings. The van der Waals surface area contributed by atoms with Crippen molar-refractivity contribution >= 4 is 23.2 Å². The van der Waals surface area contributed by atoms with Gasteiger partial charge in [-0.15, -0.1) is 0 Å². The molecule has 0 aliphatic carbocycles. The third-order valence-electron chi connectivity index (χ3n) is 3.26. The van der Waals surface area contributed by atoms with Crippen LogP contribution >= 0.6 is 23.2 Å². The first-order chi connectivity index (χ1) is 9.63. The van der Waals surface area contributed by atoms with Gasteiger partial charge in [-0.1, -0.05) is 41.4 Å². The minimum Gasteiger partial charge on any atom is -0.497 e. The first-order valence-electron chi connectivity index (χ1n) is 6.39. The smallest absolute Gasteiger partial charge is 0.120 e. The number of likely N-dealkylation sites (N-methyl/N-ethyl adjacent to an activating group) is 1. The average molecular weight is 310 g/mol. The number of ether oxygens (including phenoxy) is 1. The molecular formula is C16H17Cl2NO. The van der Waals surface area contributed by atoms with Gasteiger partial charge in [0, 0.05) is 16.1 Å². The number of hydrogen-bond acceptors (Lipinski definition) is 2. The van der Waals surface area contributed by atoms with E-state index in [1.807, 2.05) is 43.4 Å². The Balaban J connectivity index is 2.24. The number of rotatable bonds is 5. The summed E-state index contributed by atoms with van der Waals surface area (Å²) in [6, 6.07) is 13.7. The van der Waals surface area contributed by atoms with Gasteiger partial charge in [-0.2, -0.15) is 0 Å². The van der Waals surface area contributed by atoms with Crippen LogP contribution in [-0.4, -0.2) is 14.2 Å². The Kier molecular flexibility index (Phi) is 5.30. The average Bonchev–Trinajstić information content (AvgIpc) is 2.45. The summed E-state index contributed by atoms with van der Waals surface area (Å²) in [4.78, 5) is 0. The zero-order valence-corrected chi connectivity index (χ0v) is 13.0. The second kappa shape index (κ2) is 6.98. The Bertz CT molecular complexity index is 586. The van der Waals surface area contributed by atoms with E-state index in [2.05, 4.69) is 11.4 Å². The van der Waals surface area contributed by atoms with Crippen LogP contribution in [0.5, 0.6) is 5.75 Å². The molecule has 0 amide bonds. The molecule has 1 N–H and O–H groups in total. The van der Waals surface area contributed by atoms with Gasteiger partial charge in [0.2, 0.25) is 0 Å².